The van der Waals surface area contributed by atoms with Gasteiger partial charge in [0.15, 0.2) is 0 Å². The molecule has 0 aliphatic rings. The third-order valence-electron chi connectivity index (χ3n) is 13.3. The molecule has 1 amide bonds. The molecule has 0 spiro atoms. The van der Waals surface area contributed by atoms with Gasteiger partial charge in [0.1, 0.15) is 12.2 Å². The van der Waals surface area contributed by atoms with Crippen LogP contribution < -0.4 is 5.32 Å². The number of hydrogen-bond acceptors (Lipinski definition) is 5. The Morgan fingerprint density at radius 3 is 0.800 bits per heavy atom. The van der Waals surface area contributed by atoms with Crippen LogP contribution in [-0.4, -0.2) is 57.3 Å². The zero-order valence-corrected chi connectivity index (χ0v) is 40.7. The summed E-state index contributed by atoms with van der Waals surface area (Å²) >= 11 is 0. The molecule has 4 atom stereocenters. The summed E-state index contributed by atoms with van der Waals surface area (Å²) in [5.74, 6) is -0.576. The lowest BCUT2D eigenvalue weighted by molar-refractivity contribution is -0.132. The number of nitrogens with one attached hydrogen (secondary N) is 1. The van der Waals surface area contributed by atoms with E-state index >= 15 is 0 Å². The zero-order chi connectivity index (χ0) is 43.8. The summed E-state index contributed by atoms with van der Waals surface area (Å²) in [6.45, 7) is 4.09. The number of carbonyl (C=O) groups is 1. The summed E-state index contributed by atoms with van der Waals surface area (Å²) in [6, 6.07) is -0.980. The lowest BCUT2D eigenvalue weighted by atomic mass is 9.99. The largest absolute Gasteiger partial charge is 0.394 e. The molecule has 6 heteroatoms. The lowest BCUT2D eigenvalue weighted by Gasteiger charge is -2.27. The summed E-state index contributed by atoms with van der Waals surface area (Å²) in [4.78, 5) is 12.6. The molecule has 0 bridgehead atoms. The minimum Gasteiger partial charge on any atom is -0.394 e. The number of hydrogen-bond donors (Lipinski definition) is 5. The van der Waals surface area contributed by atoms with E-state index in [1.807, 2.05) is 0 Å². The fourth-order valence-corrected chi connectivity index (χ4v) is 9.00. The van der Waals surface area contributed by atoms with Crippen LogP contribution in [0.5, 0.6) is 0 Å². The van der Waals surface area contributed by atoms with Gasteiger partial charge in [0.25, 0.3) is 0 Å². The van der Waals surface area contributed by atoms with E-state index in [1.54, 1.807) is 0 Å². The molecule has 0 aromatic rings. The molecular formula is C54H109NO5. The number of rotatable bonds is 51. The predicted molar refractivity (Wildman–Crippen MR) is 261 cm³/mol. The van der Waals surface area contributed by atoms with Crippen molar-refractivity contribution in [2.45, 2.75) is 334 Å². The van der Waals surface area contributed by atoms with E-state index in [4.69, 9.17) is 0 Å². The number of amides is 1. The monoisotopic (exact) mass is 852 g/mol. The van der Waals surface area contributed by atoms with E-state index in [-0.39, 0.29) is 0 Å². The fraction of sp³-hybridized carbons (Fsp3) is 0.981. The molecular weight excluding hydrogens is 743 g/mol. The van der Waals surface area contributed by atoms with Crippen LogP contribution in [0.25, 0.3) is 0 Å². The average Bonchev–Trinajstić information content (AvgIpc) is 3.25. The molecule has 0 fully saturated rings. The van der Waals surface area contributed by atoms with E-state index < -0.39 is 36.9 Å². The molecule has 0 saturated heterocycles. The van der Waals surface area contributed by atoms with Crippen molar-refractivity contribution in [1.82, 2.24) is 5.32 Å². The Kier molecular flexibility index (Phi) is 48.8. The van der Waals surface area contributed by atoms with Crippen LogP contribution in [-0.2, 0) is 4.79 Å². The van der Waals surface area contributed by atoms with Crippen molar-refractivity contribution in [2.75, 3.05) is 6.61 Å². The second-order valence-corrected chi connectivity index (χ2v) is 19.3. The summed E-state index contributed by atoms with van der Waals surface area (Å²) in [5.41, 5.74) is 0. The SMILES string of the molecule is CCCCCCCCCCCCCCCCCCCCCCCCCCCCC(O)C(O)C(CO)NC(=O)C(O)CCCCCCCCCCCCCCCCCCCC. The van der Waals surface area contributed by atoms with E-state index in [9.17, 15) is 25.2 Å². The first kappa shape index (κ1) is 59.3. The average molecular weight is 852 g/mol. The van der Waals surface area contributed by atoms with E-state index in [0.717, 1.165) is 38.5 Å². The third-order valence-corrected chi connectivity index (χ3v) is 13.3. The van der Waals surface area contributed by atoms with Crippen molar-refractivity contribution in [3.8, 4) is 0 Å². The van der Waals surface area contributed by atoms with Crippen LogP contribution in [0.1, 0.15) is 309 Å². The Morgan fingerprint density at radius 2 is 0.567 bits per heavy atom. The molecule has 4 unspecified atom stereocenters. The van der Waals surface area contributed by atoms with Crippen molar-refractivity contribution >= 4 is 5.91 Å². The summed E-state index contributed by atoms with van der Waals surface area (Å²) in [6.07, 6.45) is 55.9. The minimum absolute atomic E-state index is 0.376. The third kappa shape index (κ3) is 42.6. The van der Waals surface area contributed by atoms with Gasteiger partial charge in [-0.2, -0.15) is 0 Å². The smallest absolute Gasteiger partial charge is 0.249 e. The molecule has 0 aliphatic heterocycles. The minimum atomic E-state index is -1.25. The quantitative estimate of drug-likeness (QED) is 0.0392. The molecule has 360 valence electrons. The van der Waals surface area contributed by atoms with Gasteiger partial charge in [-0.05, 0) is 12.8 Å². The normalized spacial score (nSPS) is 13.8. The molecule has 60 heavy (non-hydrogen) atoms. The Bertz CT molecular complexity index is 826. The topological polar surface area (TPSA) is 110 Å². The van der Waals surface area contributed by atoms with Crippen molar-refractivity contribution in [3.05, 3.63) is 0 Å². The zero-order valence-electron chi connectivity index (χ0n) is 40.7. The van der Waals surface area contributed by atoms with E-state index in [1.165, 1.54) is 244 Å². The molecule has 0 radical (unpaired) electrons. The Hall–Kier alpha value is -0.690. The van der Waals surface area contributed by atoms with Gasteiger partial charge in [0, 0.05) is 0 Å². The number of aliphatic hydroxyl groups is 4. The van der Waals surface area contributed by atoms with Crippen LogP contribution in [0.3, 0.4) is 0 Å². The van der Waals surface area contributed by atoms with Gasteiger partial charge in [0.2, 0.25) is 5.91 Å². The van der Waals surface area contributed by atoms with Crippen molar-refractivity contribution in [1.29, 1.82) is 0 Å². The molecule has 5 N–H and O–H groups in total. The lowest BCUT2D eigenvalue weighted by Crippen LogP contribution is -2.53. The maximum Gasteiger partial charge on any atom is 0.249 e. The predicted octanol–water partition coefficient (Wildman–Crippen LogP) is 15.5. The van der Waals surface area contributed by atoms with Crippen LogP contribution >= 0.6 is 0 Å². The van der Waals surface area contributed by atoms with Crippen molar-refractivity contribution in [3.63, 3.8) is 0 Å². The second kappa shape index (κ2) is 49.3. The van der Waals surface area contributed by atoms with Gasteiger partial charge >= 0.3 is 0 Å². The highest BCUT2D eigenvalue weighted by Gasteiger charge is 2.28. The highest BCUT2D eigenvalue weighted by molar-refractivity contribution is 5.80. The Labute approximate surface area is 375 Å². The maximum atomic E-state index is 12.6. The van der Waals surface area contributed by atoms with Gasteiger partial charge in [-0.15, -0.1) is 0 Å². The highest BCUT2D eigenvalue weighted by Crippen LogP contribution is 2.19. The van der Waals surface area contributed by atoms with Crippen LogP contribution in [0, 0.1) is 0 Å². The highest BCUT2D eigenvalue weighted by atomic mass is 16.3. The first-order valence-electron chi connectivity index (χ1n) is 27.4. The fourth-order valence-electron chi connectivity index (χ4n) is 9.00. The van der Waals surface area contributed by atoms with Crippen molar-refractivity contribution in [2.24, 2.45) is 0 Å². The van der Waals surface area contributed by atoms with Gasteiger partial charge in [-0.25, -0.2) is 0 Å². The summed E-state index contributed by atoms with van der Waals surface area (Å²) in [7, 11) is 0. The molecule has 0 heterocycles. The van der Waals surface area contributed by atoms with Gasteiger partial charge in [-0.1, -0.05) is 296 Å². The number of carbonyl (C=O) groups excluding carboxylic acids is 1. The second-order valence-electron chi connectivity index (χ2n) is 19.3. The first-order valence-corrected chi connectivity index (χ1v) is 27.4. The maximum absolute atomic E-state index is 12.6. The molecule has 0 rings (SSSR count). The molecule has 0 aliphatic carbocycles. The van der Waals surface area contributed by atoms with Gasteiger partial charge in [-0.3, -0.25) is 4.79 Å². The van der Waals surface area contributed by atoms with Crippen LogP contribution in [0.4, 0.5) is 0 Å². The standard InChI is InChI=1S/C54H109NO5/c1-3-5-7-9-11-13-15-17-19-21-23-24-25-26-27-28-29-30-32-33-35-37-39-41-43-45-47-51(57)53(59)50(49-56)55-54(60)52(58)48-46-44-42-40-38-36-34-31-22-20-18-16-14-12-10-8-6-4-2/h50-53,56-59H,3-49H2,1-2H3,(H,55,60). The molecule has 0 aromatic heterocycles. The molecule has 0 saturated carbocycles. The Balaban J connectivity index is 3.58. The molecule has 0 aromatic carbocycles. The van der Waals surface area contributed by atoms with Crippen LogP contribution in [0.2, 0.25) is 0 Å². The van der Waals surface area contributed by atoms with Crippen molar-refractivity contribution < 1.29 is 25.2 Å². The van der Waals surface area contributed by atoms with Crippen LogP contribution in [0.15, 0.2) is 0 Å². The first-order chi connectivity index (χ1) is 29.5. The van der Waals surface area contributed by atoms with E-state index in [2.05, 4.69) is 19.2 Å². The molecule has 6 nitrogen and oxygen atoms in total. The van der Waals surface area contributed by atoms with Gasteiger partial charge < -0.3 is 25.7 Å². The number of unbranched alkanes of at least 4 members (excludes halogenated alkanes) is 42. The van der Waals surface area contributed by atoms with E-state index in [0.29, 0.717) is 12.8 Å². The number of aliphatic hydroxyl groups excluding tert-OH is 4. The van der Waals surface area contributed by atoms with Gasteiger partial charge in [0.05, 0.1) is 18.8 Å². The summed E-state index contributed by atoms with van der Waals surface area (Å²) in [5, 5.41) is 44.0. The summed E-state index contributed by atoms with van der Waals surface area (Å²) < 4.78 is 0. The Morgan fingerprint density at radius 1 is 0.350 bits per heavy atom.